The van der Waals surface area contributed by atoms with E-state index < -0.39 is 0 Å². The van der Waals surface area contributed by atoms with Gasteiger partial charge in [-0.1, -0.05) is 49.7 Å². The molecule has 128 valence electrons. The van der Waals surface area contributed by atoms with Crippen molar-refractivity contribution in [2.45, 2.75) is 18.7 Å². The molecule has 0 saturated heterocycles. The van der Waals surface area contributed by atoms with Crippen LogP contribution in [0.4, 0.5) is 0 Å². The van der Waals surface area contributed by atoms with Gasteiger partial charge in [-0.3, -0.25) is 9.59 Å². The Bertz CT molecular complexity index is 729. The summed E-state index contributed by atoms with van der Waals surface area (Å²) in [5.74, 6) is 0.182. The minimum Gasteiger partial charge on any atom is -0.354 e. The fourth-order valence-corrected chi connectivity index (χ4v) is 3.44. The standard InChI is InChI=1S/C18H21ClN2O2S/c1-12(2)18(23)21-10-9-20-16(22)11-24-15-8-4-6-13-5-3-7-14(19)17(13)15/h3-8,12H,9-11H2,1-2H3,(H,20,22)(H,21,23). The predicted molar refractivity (Wildman–Crippen MR) is 101 cm³/mol. The summed E-state index contributed by atoms with van der Waals surface area (Å²) in [6, 6.07) is 11.7. The van der Waals surface area contributed by atoms with E-state index in [1.165, 1.54) is 11.8 Å². The Balaban J connectivity index is 1.83. The molecule has 2 aromatic carbocycles. The van der Waals surface area contributed by atoms with Gasteiger partial charge < -0.3 is 10.6 Å². The molecule has 2 rings (SSSR count). The maximum atomic E-state index is 11.9. The van der Waals surface area contributed by atoms with Gasteiger partial charge in [-0.25, -0.2) is 0 Å². The van der Waals surface area contributed by atoms with Gasteiger partial charge in [-0.2, -0.15) is 0 Å². The molecule has 0 spiro atoms. The minimum absolute atomic E-state index is 0.0102. The summed E-state index contributed by atoms with van der Waals surface area (Å²) in [4.78, 5) is 24.3. The van der Waals surface area contributed by atoms with E-state index in [0.717, 1.165) is 15.7 Å². The molecule has 4 nitrogen and oxygen atoms in total. The summed E-state index contributed by atoms with van der Waals surface area (Å²) >= 11 is 7.74. The number of hydrogen-bond acceptors (Lipinski definition) is 3. The highest BCUT2D eigenvalue weighted by atomic mass is 35.5. The number of halogens is 1. The summed E-state index contributed by atoms with van der Waals surface area (Å²) < 4.78 is 0. The molecule has 0 aliphatic carbocycles. The number of amides is 2. The van der Waals surface area contributed by atoms with E-state index in [-0.39, 0.29) is 17.7 Å². The van der Waals surface area contributed by atoms with Crippen LogP contribution in [-0.2, 0) is 9.59 Å². The number of carbonyl (C=O) groups excluding carboxylic acids is 2. The maximum Gasteiger partial charge on any atom is 0.230 e. The van der Waals surface area contributed by atoms with E-state index in [4.69, 9.17) is 11.6 Å². The molecule has 0 radical (unpaired) electrons. The molecule has 24 heavy (non-hydrogen) atoms. The quantitative estimate of drug-likeness (QED) is 0.584. The van der Waals surface area contributed by atoms with Crippen molar-refractivity contribution >= 4 is 45.9 Å². The third-order valence-corrected chi connectivity index (χ3v) is 4.82. The van der Waals surface area contributed by atoms with Crippen LogP contribution in [0.1, 0.15) is 13.8 Å². The van der Waals surface area contributed by atoms with Crippen LogP contribution in [0.15, 0.2) is 41.3 Å². The number of rotatable bonds is 7. The summed E-state index contributed by atoms with van der Waals surface area (Å²) in [6.07, 6.45) is 0. The van der Waals surface area contributed by atoms with Crippen LogP contribution in [0.2, 0.25) is 5.02 Å². The topological polar surface area (TPSA) is 58.2 Å². The van der Waals surface area contributed by atoms with Crippen molar-refractivity contribution < 1.29 is 9.59 Å². The average molecular weight is 365 g/mol. The van der Waals surface area contributed by atoms with Crippen LogP contribution < -0.4 is 10.6 Å². The van der Waals surface area contributed by atoms with Gasteiger partial charge in [-0.15, -0.1) is 11.8 Å². The van der Waals surface area contributed by atoms with E-state index in [0.29, 0.717) is 23.9 Å². The highest BCUT2D eigenvalue weighted by Crippen LogP contribution is 2.32. The van der Waals surface area contributed by atoms with Gasteiger partial charge >= 0.3 is 0 Å². The highest BCUT2D eigenvalue weighted by Gasteiger charge is 2.09. The van der Waals surface area contributed by atoms with Gasteiger partial charge in [0.05, 0.1) is 5.75 Å². The second-order valence-corrected chi connectivity index (χ2v) is 7.10. The van der Waals surface area contributed by atoms with Crippen molar-refractivity contribution in [3.8, 4) is 0 Å². The van der Waals surface area contributed by atoms with Gasteiger partial charge in [-0.05, 0) is 17.5 Å². The lowest BCUT2D eigenvalue weighted by Crippen LogP contribution is -2.36. The molecule has 2 amide bonds. The van der Waals surface area contributed by atoms with E-state index >= 15 is 0 Å². The zero-order valence-corrected chi connectivity index (χ0v) is 15.3. The van der Waals surface area contributed by atoms with Crippen LogP contribution in [0, 0.1) is 5.92 Å². The summed E-state index contributed by atoms with van der Waals surface area (Å²) in [7, 11) is 0. The first-order chi connectivity index (χ1) is 11.5. The van der Waals surface area contributed by atoms with Crippen LogP contribution in [0.3, 0.4) is 0 Å². The second kappa shape index (κ2) is 8.94. The van der Waals surface area contributed by atoms with Crippen LogP contribution in [0.25, 0.3) is 10.8 Å². The van der Waals surface area contributed by atoms with Gasteiger partial charge in [0.1, 0.15) is 0 Å². The van der Waals surface area contributed by atoms with Crippen LogP contribution >= 0.6 is 23.4 Å². The molecule has 0 aromatic heterocycles. The third-order valence-electron chi connectivity index (χ3n) is 3.45. The zero-order valence-electron chi connectivity index (χ0n) is 13.8. The Morgan fingerprint density at radius 3 is 2.46 bits per heavy atom. The highest BCUT2D eigenvalue weighted by molar-refractivity contribution is 8.00. The van der Waals surface area contributed by atoms with Crippen molar-refractivity contribution in [2.24, 2.45) is 5.92 Å². The van der Waals surface area contributed by atoms with E-state index in [1.807, 2.05) is 50.2 Å². The molecule has 0 aliphatic rings. The Morgan fingerprint density at radius 2 is 1.75 bits per heavy atom. The number of nitrogens with one attached hydrogen (secondary N) is 2. The van der Waals surface area contributed by atoms with Gasteiger partial charge in [0.15, 0.2) is 0 Å². The Labute approximate surface area is 151 Å². The molecular weight excluding hydrogens is 344 g/mol. The van der Waals surface area contributed by atoms with Gasteiger partial charge in [0.25, 0.3) is 0 Å². The molecule has 0 unspecified atom stereocenters. The zero-order chi connectivity index (χ0) is 17.5. The maximum absolute atomic E-state index is 11.9. The van der Waals surface area contributed by atoms with Crippen molar-refractivity contribution in [2.75, 3.05) is 18.8 Å². The largest absolute Gasteiger partial charge is 0.354 e. The first-order valence-electron chi connectivity index (χ1n) is 7.83. The molecule has 0 heterocycles. The van der Waals surface area contributed by atoms with Crippen LogP contribution in [-0.4, -0.2) is 30.7 Å². The number of fused-ring (bicyclic) bond motifs is 1. The molecule has 0 aliphatic heterocycles. The average Bonchev–Trinajstić information content (AvgIpc) is 2.56. The van der Waals surface area contributed by atoms with Crippen LogP contribution in [0.5, 0.6) is 0 Å². The number of benzene rings is 2. The molecule has 0 saturated carbocycles. The lowest BCUT2D eigenvalue weighted by molar-refractivity contribution is -0.124. The molecule has 2 aromatic rings. The number of thioether (sulfide) groups is 1. The monoisotopic (exact) mass is 364 g/mol. The Hall–Kier alpha value is -1.72. The number of hydrogen-bond donors (Lipinski definition) is 2. The number of carbonyl (C=O) groups is 2. The lowest BCUT2D eigenvalue weighted by Gasteiger charge is -2.10. The molecule has 6 heteroatoms. The second-order valence-electron chi connectivity index (χ2n) is 5.68. The Morgan fingerprint density at radius 1 is 1.08 bits per heavy atom. The minimum atomic E-state index is -0.0668. The summed E-state index contributed by atoms with van der Waals surface area (Å²) in [5.41, 5.74) is 0. The molecule has 0 atom stereocenters. The first-order valence-corrected chi connectivity index (χ1v) is 9.20. The molecule has 0 bridgehead atoms. The predicted octanol–water partition coefficient (Wildman–Crippen LogP) is 3.47. The third kappa shape index (κ3) is 5.14. The van der Waals surface area contributed by atoms with Gasteiger partial charge in [0, 0.05) is 34.3 Å². The molecule has 0 fully saturated rings. The SMILES string of the molecule is CC(C)C(=O)NCCNC(=O)CSc1cccc2cccc(Cl)c12. The van der Waals surface area contributed by atoms with Crippen molar-refractivity contribution in [3.05, 3.63) is 41.4 Å². The summed E-state index contributed by atoms with van der Waals surface area (Å²) in [6.45, 7) is 4.53. The normalized spacial score (nSPS) is 10.8. The lowest BCUT2D eigenvalue weighted by atomic mass is 10.1. The van der Waals surface area contributed by atoms with Crippen molar-refractivity contribution in [3.63, 3.8) is 0 Å². The van der Waals surface area contributed by atoms with E-state index in [9.17, 15) is 9.59 Å². The Kier molecular flexibility index (Phi) is 6.94. The molecular formula is C18H21ClN2O2S. The smallest absolute Gasteiger partial charge is 0.230 e. The van der Waals surface area contributed by atoms with Gasteiger partial charge in [0.2, 0.25) is 11.8 Å². The molecule has 2 N–H and O–H groups in total. The fraction of sp³-hybridized carbons (Fsp3) is 0.333. The van der Waals surface area contributed by atoms with Crippen molar-refractivity contribution in [1.29, 1.82) is 0 Å². The summed E-state index contributed by atoms with van der Waals surface area (Å²) in [5, 5.41) is 8.29. The first kappa shape index (κ1) is 18.6. The van der Waals surface area contributed by atoms with E-state index in [2.05, 4.69) is 10.6 Å². The fourth-order valence-electron chi connectivity index (χ4n) is 2.17. The van der Waals surface area contributed by atoms with Crippen molar-refractivity contribution in [1.82, 2.24) is 10.6 Å². The van der Waals surface area contributed by atoms with E-state index in [1.54, 1.807) is 0 Å².